The number of fused-ring (bicyclic) bond motifs is 1. The van der Waals surface area contributed by atoms with Gasteiger partial charge in [-0.1, -0.05) is 29.8 Å². The Morgan fingerprint density at radius 3 is 2.74 bits per heavy atom. The molecule has 0 bridgehead atoms. The van der Waals surface area contributed by atoms with Crippen LogP contribution in [-0.2, 0) is 16.9 Å². The van der Waals surface area contributed by atoms with E-state index in [0.717, 1.165) is 5.56 Å². The minimum atomic E-state index is -1.49. The summed E-state index contributed by atoms with van der Waals surface area (Å²) >= 11 is 5.94. The number of ether oxygens (including phenoxy) is 2. The molecule has 2 aliphatic rings. The zero-order valence-corrected chi connectivity index (χ0v) is 15.6. The number of rotatable bonds is 4. The van der Waals surface area contributed by atoms with E-state index in [-0.39, 0.29) is 25.5 Å². The van der Waals surface area contributed by atoms with Crippen molar-refractivity contribution < 1.29 is 19.4 Å². The van der Waals surface area contributed by atoms with Gasteiger partial charge in [-0.25, -0.2) is 0 Å². The third-order valence-corrected chi connectivity index (χ3v) is 4.98. The molecule has 140 valence electrons. The molecular weight excluding hydrogens is 368 g/mol. The molecule has 7 heteroatoms. The van der Waals surface area contributed by atoms with E-state index in [1.165, 1.54) is 5.01 Å². The van der Waals surface area contributed by atoms with Gasteiger partial charge in [-0.05, 0) is 43.2 Å². The molecule has 0 unspecified atom stereocenters. The van der Waals surface area contributed by atoms with Gasteiger partial charge in [-0.2, -0.15) is 10.1 Å². The summed E-state index contributed by atoms with van der Waals surface area (Å²) in [6.07, 6.45) is 0.994. The maximum absolute atomic E-state index is 12.8. The largest absolute Gasteiger partial charge is 0.454 e. The highest BCUT2D eigenvalue weighted by molar-refractivity contribution is 6.30. The van der Waals surface area contributed by atoms with Crippen molar-refractivity contribution in [3.63, 3.8) is 0 Å². The normalized spacial score (nSPS) is 20.7. The molecule has 4 rings (SSSR count). The van der Waals surface area contributed by atoms with Gasteiger partial charge in [0.15, 0.2) is 17.2 Å². The van der Waals surface area contributed by atoms with Crippen LogP contribution in [0.25, 0.3) is 0 Å². The van der Waals surface area contributed by atoms with Crippen LogP contribution in [0, 0.1) is 0 Å². The fourth-order valence-electron chi connectivity index (χ4n) is 3.38. The van der Waals surface area contributed by atoms with Crippen molar-refractivity contribution in [3.8, 4) is 11.5 Å². The fraction of sp³-hybridized carbons (Fsp3) is 0.300. The number of benzene rings is 2. The lowest BCUT2D eigenvalue weighted by Gasteiger charge is -2.31. The Morgan fingerprint density at radius 1 is 1.22 bits per heavy atom. The van der Waals surface area contributed by atoms with Crippen molar-refractivity contribution in [2.24, 2.45) is 5.10 Å². The number of hydrogen-bond acceptors (Lipinski definition) is 5. The Kier molecular flexibility index (Phi) is 4.53. The number of aryl methyl sites for hydroxylation is 1. The minimum absolute atomic E-state index is 0.215. The van der Waals surface area contributed by atoms with E-state index >= 15 is 0 Å². The molecule has 1 atom stereocenters. The van der Waals surface area contributed by atoms with Crippen molar-refractivity contribution >= 4 is 23.2 Å². The van der Waals surface area contributed by atoms with E-state index in [2.05, 4.69) is 5.10 Å². The zero-order chi connectivity index (χ0) is 19.0. The molecule has 0 fully saturated rings. The summed E-state index contributed by atoms with van der Waals surface area (Å²) in [4.78, 5) is 12.8. The van der Waals surface area contributed by atoms with Gasteiger partial charge in [0.25, 0.3) is 0 Å². The first-order chi connectivity index (χ1) is 13.0. The van der Waals surface area contributed by atoms with E-state index in [0.29, 0.717) is 34.2 Å². The smallest absolute Gasteiger partial charge is 0.245 e. The van der Waals surface area contributed by atoms with E-state index in [4.69, 9.17) is 21.1 Å². The van der Waals surface area contributed by atoms with Gasteiger partial charge in [0.2, 0.25) is 12.7 Å². The summed E-state index contributed by atoms with van der Waals surface area (Å²) < 4.78 is 10.7. The molecule has 0 aliphatic carbocycles. The maximum atomic E-state index is 12.8. The summed E-state index contributed by atoms with van der Waals surface area (Å²) in [5, 5.41) is 17.2. The summed E-state index contributed by atoms with van der Waals surface area (Å²) in [6.45, 7) is 2.01. The second kappa shape index (κ2) is 6.87. The van der Waals surface area contributed by atoms with Crippen molar-refractivity contribution in [3.05, 3.63) is 58.6 Å². The molecule has 0 aromatic heterocycles. The number of halogens is 1. The number of aliphatic hydroxyl groups is 1. The zero-order valence-electron chi connectivity index (χ0n) is 14.8. The molecule has 2 heterocycles. The van der Waals surface area contributed by atoms with Gasteiger partial charge in [0, 0.05) is 29.1 Å². The Hall–Kier alpha value is -2.57. The second-order valence-electron chi connectivity index (χ2n) is 6.73. The van der Waals surface area contributed by atoms with Crippen molar-refractivity contribution in [1.29, 1.82) is 0 Å². The first-order valence-electron chi connectivity index (χ1n) is 8.70. The molecule has 0 saturated carbocycles. The number of amides is 1. The summed E-state index contributed by atoms with van der Waals surface area (Å²) in [5.74, 6) is 1.15. The first-order valence-corrected chi connectivity index (χ1v) is 9.07. The van der Waals surface area contributed by atoms with Crippen LogP contribution in [0.1, 0.15) is 30.9 Å². The lowest BCUT2D eigenvalue weighted by Crippen LogP contribution is -2.43. The van der Waals surface area contributed by atoms with Gasteiger partial charge in [-0.15, -0.1) is 0 Å². The van der Waals surface area contributed by atoms with Crippen LogP contribution < -0.4 is 9.47 Å². The third kappa shape index (κ3) is 3.38. The topological polar surface area (TPSA) is 71.4 Å². The quantitative estimate of drug-likeness (QED) is 0.873. The van der Waals surface area contributed by atoms with Gasteiger partial charge < -0.3 is 14.6 Å². The molecule has 2 aromatic rings. The van der Waals surface area contributed by atoms with E-state index in [9.17, 15) is 9.90 Å². The summed E-state index contributed by atoms with van der Waals surface area (Å²) in [5.41, 5.74) is 0.760. The number of carbonyl (C=O) groups is 1. The molecule has 1 amide bonds. The molecule has 1 N–H and O–H groups in total. The predicted octanol–water partition coefficient (Wildman–Crippen LogP) is 3.45. The molecule has 0 radical (unpaired) electrons. The van der Waals surface area contributed by atoms with Crippen LogP contribution in [0.15, 0.2) is 47.6 Å². The average Bonchev–Trinajstić information content (AvgIpc) is 3.24. The molecule has 2 aromatic carbocycles. The number of carbonyl (C=O) groups excluding carboxylic acids is 1. The highest BCUT2D eigenvalue weighted by Crippen LogP contribution is 2.37. The Balaban J connectivity index is 1.50. The van der Waals surface area contributed by atoms with Crippen LogP contribution in [-0.4, -0.2) is 28.5 Å². The summed E-state index contributed by atoms with van der Waals surface area (Å²) in [7, 11) is 0. The monoisotopic (exact) mass is 386 g/mol. The maximum Gasteiger partial charge on any atom is 0.245 e. The third-order valence-electron chi connectivity index (χ3n) is 4.73. The van der Waals surface area contributed by atoms with E-state index in [1.807, 2.05) is 18.2 Å². The SMILES string of the molecule is CC1=NN(C(=O)CCc2ccc3c(c2)OCO3)[C@@](O)(c2ccc(Cl)cc2)C1. The molecular formula is C20H19ClN2O4. The lowest BCUT2D eigenvalue weighted by molar-refractivity contribution is -0.157. The number of hydrogen-bond donors (Lipinski definition) is 1. The summed E-state index contributed by atoms with van der Waals surface area (Å²) in [6, 6.07) is 12.4. The molecule has 27 heavy (non-hydrogen) atoms. The van der Waals surface area contributed by atoms with Crippen molar-refractivity contribution in [1.82, 2.24) is 5.01 Å². The molecule has 0 spiro atoms. The predicted molar refractivity (Wildman–Crippen MR) is 101 cm³/mol. The molecule has 2 aliphatic heterocycles. The minimum Gasteiger partial charge on any atom is -0.454 e. The van der Waals surface area contributed by atoms with Crippen molar-refractivity contribution in [2.75, 3.05) is 6.79 Å². The Morgan fingerprint density at radius 2 is 1.96 bits per heavy atom. The van der Waals surface area contributed by atoms with Gasteiger partial charge in [-0.3, -0.25) is 4.79 Å². The number of hydrazone groups is 1. The molecule has 6 nitrogen and oxygen atoms in total. The van der Waals surface area contributed by atoms with Crippen LogP contribution in [0.2, 0.25) is 5.02 Å². The van der Waals surface area contributed by atoms with E-state index in [1.54, 1.807) is 31.2 Å². The van der Waals surface area contributed by atoms with Crippen molar-refractivity contribution in [2.45, 2.75) is 31.9 Å². The highest BCUT2D eigenvalue weighted by atomic mass is 35.5. The van der Waals surface area contributed by atoms with E-state index < -0.39 is 5.72 Å². The number of nitrogens with zero attached hydrogens (tertiary/aromatic N) is 2. The second-order valence-corrected chi connectivity index (χ2v) is 7.17. The van der Waals surface area contributed by atoms with Crippen LogP contribution in [0.3, 0.4) is 0 Å². The van der Waals surface area contributed by atoms with Crippen LogP contribution >= 0.6 is 11.6 Å². The fourth-order valence-corrected chi connectivity index (χ4v) is 3.50. The molecule has 0 saturated heterocycles. The van der Waals surface area contributed by atoms with Gasteiger partial charge >= 0.3 is 0 Å². The Bertz CT molecular complexity index is 913. The standard InChI is InChI=1S/C20H19ClN2O4/c1-13-11-20(25,15-4-6-16(21)7-5-15)23(22-13)19(24)9-3-14-2-8-17-18(10-14)27-12-26-17/h2,4-8,10,25H,3,9,11-12H2,1H3/t20-/m0/s1. The Labute approximate surface area is 162 Å². The first kappa shape index (κ1) is 17.8. The van der Waals surface area contributed by atoms with Crippen LogP contribution in [0.5, 0.6) is 11.5 Å². The van der Waals surface area contributed by atoms with Crippen LogP contribution in [0.4, 0.5) is 0 Å². The van der Waals surface area contributed by atoms with Gasteiger partial charge in [0.1, 0.15) is 0 Å². The highest BCUT2D eigenvalue weighted by Gasteiger charge is 2.44. The lowest BCUT2D eigenvalue weighted by atomic mass is 9.97. The average molecular weight is 387 g/mol. The van der Waals surface area contributed by atoms with Gasteiger partial charge in [0.05, 0.1) is 0 Å².